The fourth-order valence-electron chi connectivity index (χ4n) is 4.17. The molecule has 0 bridgehead atoms. The summed E-state index contributed by atoms with van der Waals surface area (Å²) in [6.45, 7) is 0. The summed E-state index contributed by atoms with van der Waals surface area (Å²) in [5.74, 6) is 0.626. The van der Waals surface area contributed by atoms with E-state index < -0.39 is 10.0 Å². The number of nitrogens with one attached hydrogen (secondary N) is 1. The summed E-state index contributed by atoms with van der Waals surface area (Å²) in [5, 5.41) is 14.3. The summed E-state index contributed by atoms with van der Waals surface area (Å²) in [5.41, 5.74) is 1.52. The minimum Gasteiger partial charge on any atom is -0.507 e. The summed E-state index contributed by atoms with van der Waals surface area (Å²) in [6, 6.07) is 26.9. The van der Waals surface area contributed by atoms with Crippen molar-refractivity contribution in [3.8, 4) is 22.6 Å². The van der Waals surface area contributed by atoms with E-state index in [-0.39, 0.29) is 10.6 Å². The van der Waals surface area contributed by atoms with Crippen molar-refractivity contribution in [3.05, 3.63) is 95.5 Å². The number of phenols is 1. The summed E-state index contributed by atoms with van der Waals surface area (Å²) >= 11 is 3.33. The molecule has 0 fully saturated rings. The van der Waals surface area contributed by atoms with Gasteiger partial charge in [-0.25, -0.2) is 8.42 Å². The molecule has 2 N–H and O–H groups in total. The highest BCUT2D eigenvalue weighted by atomic mass is 79.9. The number of hydrogen-bond donors (Lipinski definition) is 2. The molecule has 0 spiro atoms. The number of anilines is 1. The summed E-state index contributed by atoms with van der Waals surface area (Å²) in [7, 11) is -2.32. The van der Waals surface area contributed by atoms with E-state index in [0.717, 1.165) is 10.8 Å². The first-order chi connectivity index (χ1) is 16.4. The first kappa shape index (κ1) is 22.3. The van der Waals surface area contributed by atoms with Gasteiger partial charge in [-0.3, -0.25) is 4.72 Å². The van der Waals surface area contributed by atoms with Crippen LogP contribution in [0.3, 0.4) is 0 Å². The molecule has 0 saturated heterocycles. The molecule has 0 radical (unpaired) electrons. The molecule has 0 unspecified atom stereocenters. The Balaban J connectivity index is 1.79. The predicted molar refractivity (Wildman–Crippen MR) is 140 cm³/mol. The van der Waals surface area contributed by atoms with Gasteiger partial charge in [0.1, 0.15) is 11.5 Å². The van der Waals surface area contributed by atoms with Crippen molar-refractivity contribution in [2.24, 2.45) is 0 Å². The van der Waals surface area contributed by atoms with Gasteiger partial charge in [-0.15, -0.1) is 0 Å². The lowest BCUT2D eigenvalue weighted by Gasteiger charge is -2.18. The molecule has 0 aliphatic carbocycles. The lowest BCUT2D eigenvalue weighted by atomic mass is 9.93. The van der Waals surface area contributed by atoms with E-state index >= 15 is 0 Å². The Morgan fingerprint density at radius 1 is 0.824 bits per heavy atom. The van der Waals surface area contributed by atoms with Crippen LogP contribution in [0.25, 0.3) is 32.7 Å². The highest BCUT2D eigenvalue weighted by molar-refractivity contribution is 9.10. The van der Waals surface area contributed by atoms with Crippen molar-refractivity contribution in [2.45, 2.75) is 4.90 Å². The second kappa shape index (κ2) is 8.66. The number of rotatable bonds is 5. The van der Waals surface area contributed by atoms with Gasteiger partial charge in [0.05, 0.1) is 17.7 Å². The maximum atomic E-state index is 13.2. The van der Waals surface area contributed by atoms with Crippen molar-refractivity contribution in [3.63, 3.8) is 0 Å². The molecule has 5 aromatic rings. The summed E-state index contributed by atoms with van der Waals surface area (Å²) in [6.07, 6.45) is 0. The monoisotopic (exact) mass is 533 g/mol. The number of benzene rings is 5. The highest BCUT2D eigenvalue weighted by Crippen LogP contribution is 2.46. The Kier molecular flexibility index (Phi) is 5.67. The van der Waals surface area contributed by atoms with Gasteiger partial charge in [0.25, 0.3) is 10.0 Å². The fraction of sp³-hybridized carbons (Fsp3) is 0.0370. The Bertz CT molecular complexity index is 1670. The molecule has 34 heavy (non-hydrogen) atoms. The SMILES string of the molecule is COc1ccc2ccccc2c1-c1cc(NS(=O)(=O)c2cccc(Br)c2)c2ccccc2c1O. The van der Waals surface area contributed by atoms with Gasteiger partial charge >= 0.3 is 0 Å². The first-order valence-electron chi connectivity index (χ1n) is 10.5. The van der Waals surface area contributed by atoms with Gasteiger partial charge in [-0.2, -0.15) is 0 Å². The van der Waals surface area contributed by atoms with Crippen molar-refractivity contribution >= 4 is 53.2 Å². The number of aromatic hydroxyl groups is 1. The minimum absolute atomic E-state index is 0.0515. The van der Waals surface area contributed by atoms with Crippen molar-refractivity contribution < 1.29 is 18.3 Å². The number of ether oxygens (including phenoxy) is 1. The van der Waals surface area contributed by atoms with Crippen LogP contribution >= 0.6 is 15.9 Å². The van der Waals surface area contributed by atoms with E-state index in [2.05, 4.69) is 20.7 Å². The Morgan fingerprint density at radius 3 is 2.26 bits per heavy atom. The topological polar surface area (TPSA) is 75.6 Å². The van der Waals surface area contributed by atoms with Crippen LogP contribution in [0.15, 0.2) is 100 Å². The van der Waals surface area contributed by atoms with Crippen molar-refractivity contribution in [1.29, 1.82) is 0 Å². The number of fused-ring (bicyclic) bond motifs is 2. The van der Waals surface area contributed by atoms with Crippen LogP contribution in [0.2, 0.25) is 0 Å². The number of sulfonamides is 1. The van der Waals surface area contributed by atoms with Crippen molar-refractivity contribution in [1.82, 2.24) is 0 Å². The van der Waals surface area contributed by atoms with E-state index in [9.17, 15) is 13.5 Å². The quantitative estimate of drug-likeness (QED) is 0.240. The number of hydrogen-bond acceptors (Lipinski definition) is 4. The van der Waals surface area contributed by atoms with Crippen molar-refractivity contribution in [2.75, 3.05) is 11.8 Å². The third-order valence-electron chi connectivity index (χ3n) is 5.75. The Morgan fingerprint density at radius 2 is 1.53 bits per heavy atom. The van der Waals surface area contributed by atoms with E-state index in [4.69, 9.17) is 4.74 Å². The second-order valence-corrected chi connectivity index (χ2v) is 10.4. The third kappa shape index (κ3) is 3.87. The van der Waals surface area contributed by atoms with Gasteiger partial charge in [0, 0.05) is 26.4 Å². The largest absolute Gasteiger partial charge is 0.507 e. The van der Waals surface area contributed by atoms with Gasteiger partial charge in [0.2, 0.25) is 0 Å². The van der Waals surface area contributed by atoms with E-state index in [1.807, 2.05) is 36.4 Å². The standard InChI is InChI=1S/C27H20BrNO4S/c1-33-25-14-13-17-7-2-3-10-20(17)26(25)23-16-24(21-11-4-5-12-22(21)27(23)30)29-34(31,32)19-9-6-8-18(28)15-19/h2-16,29-30H,1H3. The normalized spacial score (nSPS) is 11.6. The van der Waals surface area contributed by atoms with E-state index in [0.29, 0.717) is 37.8 Å². The van der Waals surface area contributed by atoms with Crippen LogP contribution in [-0.2, 0) is 10.0 Å². The molecule has 7 heteroatoms. The summed E-state index contributed by atoms with van der Waals surface area (Å²) < 4.78 is 35.5. The van der Waals surface area contributed by atoms with Crippen LogP contribution in [0.1, 0.15) is 0 Å². The lowest BCUT2D eigenvalue weighted by molar-refractivity contribution is 0.416. The van der Waals surface area contributed by atoms with Gasteiger partial charge < -0.3 is 9.84 Å². The highest BCUT2D eigenvalue weighted by Gasteiger charge is 2.21. The molecule has 0 aliphatic heterocycles. The molecule has 0 amide bonds. The fourth-order valence-corrected chi connectivity index (χ4v) is 5.84. The maximum Gasteiger partial charge on any atom is 0.261 e. The average Bonchev–Trinajstić information content (AvgIpc) is 2.85. The molecule has 0 heterocycles. The minimum atomic E-state index is -3.89. The predicted octanol–water partition coefficient (Wildman–Crippen LogP) is 6.94. The summed E-state index contributed by atoms with van der Waals surface area (Å²) in [4.78, 5) is 0.128. The first-order valence-corrected chi connectivity index (χ1v) is 12.8. The van der Waals surface area contributed by atoms with Crippen LogP contribution in [-0.4, -0.2) is 20.6 Å². The second-order valence-electron chi connectivity index (χ2n) is 7.79. The van der Waals surface area contributed by atoms with Gasteiger partial charge in [-0.05, 0) is 41.1 Å². The Labute approximate surface area is 205 Å². The van der Waals surface area contributed by atoms with E-state index in [1.165, 1.54) is 6.07 Å². The zero-order valence-corrected chi connectivity index (χ0v) is 20.5. The third-order valence-corrected chi connectivity index (χ3v) is 7.60. The molecule has 0 saturated carbocycles. The lowest BCUT2D eigenvalue weighted by Crippen LogP contribution is -2.13. The Hall–Kier alpha value is -3.55. The number of halogens is 1. The average molecular weight is 534 g/mol. The molecule has 0 aliphatic rings. The molecule has 170 valence electrons. The molecule has 5 rings (SSSR count). The molecular formula is C27H20BrNO4S. The number of phenolic OH excluding ortho intramolecular Hbond substituents is 1. The van der Waals surface area contributed by atoms with E-state index in [1.54, 1.807) is 55.6 Å². The zero-order valence-electron chi connectivity index (χ0n) is 18.1. The molecule has 5 aromatic carbocycles. The van der Waals surface area contributed by atoms with Crippen LogP contribution in [0, 0.1) is 0 Å². The molecule has 0 atom stereocenters. The molecular weight excluding hydrogens is 514 g/mol. The zero-order chi connectivity index (χ0) is 23.9. The molecule has 0 aromatic heterocycles. The van der Waals surface area contributed by atoms with Gasteiger partial charge in [-0.1, -0.05) is 76.6 Å². The molecule has 5 nitrogen and oxygen atoms in total. The van der Waals surface area contributed by atoms with Gasteiger partial charge in [0.15, 0.2) is 0 Å². The van der Waals surface area contributed by atoms with Crippen LogP contribution in [0.4, 0.5) is 5.69 Å². The van der Waals surface area contributed by atoms with Crippen LogP contribution < -0.4 is 9.46 Å². The van der Waals surface area contributed by atoms with Crippen LogP contribution in [0.5, 0.6) is 11.5 Å². The maximum absolute atomic E-state index is 13.2. The number of methoxy groups -OCH3 is 1. The smallest absolute Gasteiger partial charge is 0.261 e.